The molecule has 2 heterocycles. The zero-order chi connectivity index (χ0) is 21.1. The lowest BCUT2D eigenvalue weighted by Gasteiger charge is -2.04. The van der Waals surface area contributed by atoms with Gasteiger partial charge in [0.05, 0.1) is 29.4 Å². The molecular formula is C21H18N4O4S. The number of nitrogens with zero attached hydrogens (tertiary/aromatic N) is 2. The van der Waals surface area contributed by atoms with Crippen LogP contribution in [0, 0.1) is 6.92 Å². The van der Waals surface area contributed by atoms with E-state index in [4.69, 9.17) is 9.47 Å². The molecule has 8 nitrogen and oxygen atoms in total. The summed E-state index contributed by atoms with van der Waals surface area (Å²) in [5.74, 6) is 0.398. The summed E-state index contributed by atoms with van der Waals surface area (Å²) in [6.45, 7) is 1.44. The Hall–Kier alpha value is -3.72. The van der Waals surface area contributed by atoms with E-state index >= 15 is 0 Å². The van der Waals surface area contributed by atoms with Crippen molar-refractivity contribution < 1.29 is 19.1 Å². The van der Waals surface area contributed by atoms with Crippen molar-refractivity contribution in [2.24, 2.45) is 0 Å². The number of nitrogens with one attached hydrogen (secondary N) is 2. The maximum atomic E-state index is 12.3. The van der Waals surface area contributed by atoms with Gasteiger partial charge in [-0.25, -0.2) is 14.8 Å². The van der Waals surface area contributed by atoms with Gasteiger partial charge in [-0.1, -0.05) is 0 Å². The molecule has 30 heavy (non-hydrogen) atoms. The molecule has 0 saturated heterocycles. The molecular weight excluding hydrogens is 404 g/mol. The van der Waals surface area contributed by atoms with E-state index in [-0.39, 0.29) is 0 Å². The number of rotatable bonds is 6. The fraction of sp³-hybridized carbons (Fsp3) is 0.143. The normalized spacial score (nSPS) is 10.7. The van der Waals surface area contributed by atoms with Gasteiger partial charge < -0.3 is 14.5 Å². The summed E-state index contributed by atoms with van der Waals surface area (Å²) >= 11 is 1.31. The van der Waals surface area contributed by atoms with Crippen LogP contribution in [0.15, 0.2) is 47.8 Å². The first kappa shape index (κ1) is 19.6. The fourth-order valence-electron chi connectivity index (χ4n) is 2.80. The Bertz CT molecular complexity index is 1210. The Kier molecular flexibility index (Phi) is 5.44. The summed E-state index contributed by atoms with van der Waals surface area (Å²) < 4.78 is 10.3. The van der Waals surface area contributed by atoms with Crippen molar-refractivity contribution in [2.75, 3.05) is 19.0 Å². The number of ether oxygens (including phenoxy) is 2. The van der Waals surface area contributed by atoms with Gasteiger partial charge in [-0.2, -0.15) is 0 Å². The van der Waals surface area contributed by atoms with Crippen LogP contribution in [0.2, 0.25) is 0 Å². The third-order valence-electron chi connectivity index (χ3n) is 4.28. The lowest BCUT2D eigenvalue weighted by molar-refractivity contribution is -0.119. The second-order valence-corrected chi connectivity index (χ2v) is 7.32. The highest BCUT2D eigenvalue weighted by Crippen LogP contribution is 2.23. The highest BCUT2D eigenvalue weighted by molar-refractivity contribution is 7.13. The predicted octanol–water partition coefficient (Wildman–Crippen LogP) is 3.80. The summed E-state index contributed by atoms with van der Waals surface area (Å²) in [7, 11) is 1.61. The number of hydrogen-bond donors (Lipinski definition) is 2. The van der Waals surface area contributed by atoms with Crippen molar-refractivity contribution in [1.82, 2.24) is 15.0 Å². The third-order valence-corrected chi connectivity index (χ3v) is 5.16. The molecule has 0 radical (unpaired) electrons. The minimum Gasteiger partial charge on any atom is -0.497 e. The first-order chi connectivity index (χ1) is 14.5. The zero-order valence-corrected chi connectivity index (χ0v) is 17.1. The van der Waals surface area contributed by atoms with Gasteiger partial charge in [-0.15, -0.1) is 11.3 Å². The van der Waals surface area contributed by atoms with Gasteiger partial charge in [-0.3, -0.25) is 10.1 Å². The second-order valence-electron chi connectivity index (χ2n) is 6.46. The summed E-state index contributed by atoms with van der Waals surface area (Å²) in [4.78, 5) is 36.1. The molecule has 0 aliphatic heterocycles. The number of aromatic amines is 1. The summed E-state index contributed by atoms with van der Waals surface area (Å²) in [6, 6.07) is 12.5. The van der Waals surface area contributed by atoms with Crippen LogP contribution in [0.1, 0.15) is 16.1 Å². The number of carbonyl (C=O) groups excluding carboxylic acids is 2. The van der Waals surface area contributed by atoms with Crippen molar-refractivity contribution in [3.05, 3.63) is 59.1 Å². The van der Waals surface area contributed by atoms with Gasteiger partial charge in [0.15, 0.2) is 11.7 Å². The van der Waals surface area contributed by atoms with Gasteiger partial charge in [-0.05, 0) is 49.4 Å². The molecule has 2 N–H and O–H groups in total. The number of benzene rings is 2. The summed E-state index contributed by atoms with van der Waals surface area (Å²) in [6.07, 6.45) is 0. The standard InChI is InChI=1S/C21H18N4O4S/c1-12-11-30-21(22-12)25-18(26)10-29-20(27)14-5-8-16-17(9-14)24-19(23-16)13-3-6-15(28-2)7-4-13/h3-9,11H,10H2,1-2H3,(H,23,24)(H,22,25,26). The maximum absolute atomic E-state index is 12.3. The highest BCUT2D eigenvalue weighted by atomic mass is 32.1. The van der Waals surface area contributed by atoms with Gasteiger partial charge in [0.2, 0.25) is 0 Å². The molecule has 4 aromatic rings. The molecule has 0 aliphatic carbocycles. The lowest BCUT2D eigenvalue weighted by Crippen LogP contribution is -2.20. The number of amides is 1. The van der Waals surface area contributed by atoms with E-state index in [2.05, 4.69) is 20.3 Å². The smallest absolute Gasteiger partial charge is 0.338 e. The van der Waals surface area contributed by atoms with E-state index in [1.54, 1.807) is 25.3 Å². The lowest BCUT2D eigenvalue weighted by atomic mass is 10.2. The highest BCUT2D eigenvalue weighted by Gasteiger charge is 2.14. The third kappa shape index (κ3) is 4.31. The average Bonchev–Trinajstić information content (AvgIpc) is 3.37. The van der Waals surface area contributed by atoms with Crippen LogP contribution in [0.3, 0.4) is 0 Å². The Morgan fingerprint density at radius 3 is 2.63 bits per heavy atom. The second kappa shape index (κ2) is 8.34. The van der Waals surface area contributed by atoms with Gasteiger partial charge in [0, 0.05) is 10.9 Å². The number of carbonyl (C=O) groups is 2. The Balaban J connectivity index is 1.43. The number of anilines is 1. The number of thiazole rings is 1. The molecule has 0 aliphatic rings. The van der Waals surface area contributed by atoms with Crippen LogP contribution < -0.4 is 10.1 Å². The summed E-state index contributed by atoms with van der Waals surface area (Å²) in [5, 5.41) is 4.89. The largest absolute Gasteiger partial charge is 0.497 e. The molecule has 9 heteroatoms. The van der Waals surface area contributed by atoms with Crippen LogP contribution in [0.5, 0.6) is 5.75 Å². The number of esters is 1. The van der Waals surface area contributed by atoms with E-state index in [9.17, 15) is 9.59 Å². The van der Waals surface area contributed by atoms with Gasteiger partial charge >= 0.3 is 5.97 Å². The van der Waals surface area contributed by atoms with Crippen molar-refractivity contribution >= 4 is 39.4 Å². The molecule has 0 bridgehead atoms. The van der Waals surface area contributed by atoms with E-state index in [1.165, 1.54) is 11.3 Å². The van der Waals surface area contributed by atoms with E-state index < -0.39 is 18.5 Å². The topological polar surface area (TPSA) is 106 Å². The zero-order valence-electron chi connectivity index (χ0n) is 16.3. The van der Waals surface area contributed by atoms with Crippen LogP contribution in [-0.4, -0.2) is 40.5 Å². The van der Waals surface area contributed by atoms with E-state index in [1.807, 2.05) is 36.6 Å². The average molecular weight is 422 g/mol. The Morgan fingerprint density at radius 2 is 1.93 bits per heavy atom. The number of aryl methyl sites for hydroxylation is 1. The Labute approximate surface area is 175 Å². The molecule has 4 rings (SSSR count). The number of hydrogen-bond acceptors (Lipinski definition) is 7. The molecule has 0 spiro atoms. The molecule has 0 unspecified atom stereocenters. The van der Waals surface area contributed by atoms with Crippen molar-refractivity contribution in [1.29, 1.82) is 0 Å². The number of aromatic nitrogens is 3. The molecule has 1 amide bonds. The number of H-pyrrole nitrogens is 1. The SMILES string of the molecule is COc1ccc(-c2nc3ccc(C(=O)OCC(=O)Nc4nc(C)cs4)cc3[nH]2)cc1. The number of methoxy groups -OCH3 is 1. The van der Waals surface area contributed by atoms with E-state index in [0.29, 0.717) is 27.6 Å². The first-order valence-corrected chi connectivity index (χ1v) is 9.93. The molecule has 2 aromatic carbocycles. The van der Waals surface area contributed by atoms with E-state index in [0.717, 1.165) is 17.0 Å². The quantitative estimate of drug-likeness (QED) is 0.458. The molecule has 2 aromatic heterocycles. The van der Waals surface area contributed by atoms with Crippen LogP contribution >= 0.6 is 11.3 Å². The van der Waals surface area contributed by atoms with Gasteiger partial charge in [0.25, 0.3) is 5.91 Å². The molecule has 0 fully saturated rings. The minimum atomic E-state index is -0.594. The van der Waals surface area contributed by atoms with Crippen LogP contribution in [-0.2, 0) is 9.53 Å². The molecule has 0 atom stereocenters. The Morgan fingerprint density at radius 1 is 1.13 bits per heavy atom. The van der Waals surface area contributed by atoms with Crippen molar-refractivity contribution in [3.8, 4) is 17.1 Å². The monoisotopic (exact) mass is 422 g/mol. The first-order valence-electron chi connectivity index (χ1n) is 9.05. The van der Waals surface area contributed by atoms with Crippen LogP contribution in [0.4, 0.5) is 5.13 Å². The maximum Gasteiger partial charge on any atom is 0.338 e. The molecule has 0 saturated carbocycles. The van der Waals surface area contributed by atoms with Crippen molar-refractivity contribution in [2.45, 2.75) is 6.92 Å². The fourth-order valence-corrected chi connectivity index (χ4v) is 3.51. The van der Waals surface area contributed by atoms with Gasteiger partial charge in [0.1, 0.15) is 11.6 Å². The van der Waals surface area contributed by atoms with Crippen molar-refractivity contribution in [3.63, 3.8) is 0 Å². The predicted molar refractivity (Wildman–Crippen MR) is 114 cm³/mol. The number of imidazole rings is 1. The summed E-state index contributed by atoms with van der Waals surface area (Å²) in [5.41, 5.74) is 3.44. The van der Waals surface area contributed by atoms with Crippen LogP contribution in [0.25, 0.3) is 22.4 Å². The number of fused-ring (bicyclic) bond motifs is 1. The molecule has 152 valence electrons. The minimum absolute atomic E-state index is 0.324.